The second-order valence-corrected chi connectivity index (χ2v) is 22.2. The Labute approximate surface area is 437 Å². The second kappa shape index (κ2) is 24.9. The lowest BCUT2D eigenvalue weighted by Crippen LogP contribution is -2.62. The first kappa shape index (κ1) is 58.8. The van der Waals surface area contributed by atoms with Crippen LogP contribution in [0.1, 0.15) is 119 Å². The van der Waals surface area contributed by atoms with E-state index in [2.05, 4.69) is 26.6 Å². The van der Waals surface area contributed by atoms with Crippen molar-refractivity contribution in [1.29, 1.82) is 0 Å². The van der Waals surface area contributed by atoms with Crippen LogP contribution < -0.4 is 26.6 Å². The summed E-state index contributed by atoms with van der Waals surface area (Å²) in [5.74, 6) is -6.72. The summed E-state index contributed by atoms with van der Waals surface area (Å²) >= 11 is 0. The lowest BCUT2D eigenvalue weighted by molar-refractivity contribution is -0.146. The van der Waals surface area contributed by atoms with E-state index in [0.717, 1.165) is 11.1 Å². The van der Waals surface area contributed by atoms with Crippen LogP contribution in [0, 0.1) is 23.7 Å². The number of epoxide rings is 1. The molecule has 0 spiro atoms. The molecule has 3 aromatic rings. The summed E-state index contributed by atoms with van der Waals surface area (Å²) in [5.41, 5.74) is 1.85. The number of amides is 7. The van der Waals surface area contributed by atoms with E-state index in [1.165, 1.54) is 37.9 Å². The molecule has 0 bridgehead atoms. The van der Waals surface area contributed by atoms with Crippen molar-refractivity contribution < 1.29 is 48.1 Å². The number of hydrogen-bond acceptors (Lipinski definition) is 10. The summed E-state index contributed by atoms with van der Waals surface area (Å²) < 4.78 is 13.6. The molecule has 0 aliphatic carbocycles. The SMILES string of the molecule is CO[C@H](c1ccccc1)[C@@H]1NC(=O)[C@H](C)NC(=O)[C@H](CC(C)C)N(C)C(=O)[C@H]([C@H](O)c2cn(C(C)(C)[C@@H]3CO3)c3ccccc23)NC(=O)[C@H]([C@H](C)C=C(C)C)NC(=O)[C@H](CC(C)C)N(C)C(=O)[C@H](C(C)C)NC1=O. The molecule has 5 rings (SSSR count). The zero-order chi connectivity index (χ0) is 55.1. The Bertz CT molecular complexity index is 2510. The highest BCUT2D eigenvalue weighted by Crippen LogP contribution is 2.38. The summed E-state index contributed by atoms with van der Waals surface area (Å²) in [5, 5.41) is 27.5. The Morgan fingerprint density at radius 3 is 1.72 bits per heavy atom. The highest BCUT2D eigenvalue weighted by atomic mass is 16.6. The van der Waals surface area contributed by atoms with Gasteiger partial charge >= 0.3 is 0 Å². The van der Waals surface area contributed by atoms with Gasteiger partial charge in [-0.05, 0) is 76.8 Å². The first-order valence-corrected chi connectivity index (χ1v) is 25.9. The van der Waals surface area contributed by atoms with Crippen molar-refractivity contribution in [2.24, 2.45) is 23.7 Å². The number of carbonyl (C=O) groups is 7. The molecule has 0 radical (unpaired) electrons. The number of methoxy groups -OCH3 is 1. The Hall–Kier alpha value is -6.11. The first-order chi connectivity index (χ1) is 34.7. The fourth-order valence-electron chi connectivity index (χ4n) is 9.85. The lowest BCUT2D eigenvalue weighted by Gasteiger charge is -2.36. The van der Waals surface area contributed by atoms with Crippen LogP contribution in [0.25, 0.3) is 10.9 Å². The highest BCUT2D eigenvalue weighted by molar-refractivity contribution is 5.99. The Balaban J connectivity index is 1.72. The number of rotatable bonds is 14. The number of aliphatic hydroxyl groups excluding tert-OH is 1. The average Bonchev–Trinajstić information content (AvgIpc) is 4.14. The van der Waals surface area contributed by atoms with E-state index >= 15 is 9.59 Å². The minimum Gasteiger partial charge on any atom is -0.386 e. The largest absolute Gasteiger partial charge is 0.386 e. The molecule has 11 atom stereocenters. The van der Waals surface area contributed by atoms with Crippen LogP contribution in [0.3, 0.4) is 0 Å². The van der Waals surface area contributed by atoms with E-state index in [1.54, 1.807) is 63.4 Å². The van der Waals surface area contributed by atoms with Gasteiger partial charge in [0.1, 0.15) is 60.6 Å². The van der Waals surface area contributed by atoms with Crippen molar-refractivity contribution in [3.63, 3.8) is 0 Å². The van der Waals surface area contributed by atoms with E-state index in [1.807, 2.05) is 84.2 Å². The second-order valence-electron chi connectivity index (χ2n) is 22.2. The first-order valence-electron chi connectivity index (χ1n) is 25.9. The number of benzene rings is 2. The van der Waals surface area contributed by atoms with Gasteiger partial charge in [-0.1, -0.05) is 109 Å². The van der Waals surface area contributed by atoms with Crippen LogP contribution in [-0.2, 0) is 48.6 Å². The molecule has 2 aromatic carbocycles. The monoisotopic (exact) mass is 1030 g/mol. The van der Waals surface area contributed by atoms with Gasteiger partial charge in [0.05, 0.1) is 12.1 Å². The molecule has 3 heterocycles. The summed E-state index contributed by atoms with van der Waals surface area (Å²) in [7, 11) is 4.26. The van der Waals surface area contributed by atoms with Crippen molar-refractivity contribution in [2.45, 2.75) is 162 Å². The molecular weight excluding hydrogens is 945 g/mol. The maximum Gasteiger partial charge on any atom is 0.248 e. The Morgan fingerprint density at radius 1 is 0.703 bits per heavy atom. The number of hydrogen-bond donors (Lipinski definition) is 6. The van der Waals surface area contributed by atoms with Gasteiger partial charge in [-0.25, -0.2) is 0 Å². The minimum absolute atomic E-state index is 0.102. The molecule has 0 saturated carbocycles. The maximum atomic E-state index is 15.4. The quantitative estimate of drug-likeness (QED) is 0.0966. The van der Waals surface area contributed by atoms with E-state index < -0.39 is 113 Å². The molecule has 2 fully saturated rings. The number of ether oxygens (including phenoxy) is 2. The van der Waals surface area contributed by atoms with Crippen molar-refractivity contribution >= 4 is 52.3 Å². The Kier molecular flexibility index (Phi) is 19.8. The highest BCUT2D eigenvalue weighted by Gasteiger charge is 2.45. The molecule has 2 aliphatic heterocycles. The van der Waals surface area contributed by atoms with Crippen molar-refractivity contribution in [2.75, 3.05) is 27.8 Å². The lowest BCUT2D eigenvalue weighted by atomic mass is 9.94. The number of aromatic nitrogens is 1. The zero-order valence-corrected chi connectivity index (χ0v) is 46.0. The van der Waals surface area contributed by atoms with Gasteiger partial charge in [0.2, 0.25) is 41.4 Å². The van der Waals surface area contributed by atoms with E-state index in [9.17, 15) is 29.1 Å². The summed E-state index contributed by atoms with van der Waals surface area (Å²) in [6, 6.07) is 6.68. The van der Waals surface area contributed by atoms with Gasteiger partial charge in [0.25, 0.3) is 0 Å². The molecule has 18 heteroatoms. The predicted molar refractivity (Wildman–Crippen MR) is 283 cm³/mol. The number of likely N-dealkylation sites (N-methyl/N-ethyl adjacent to an activating group) is 2. The van der Waals surface area contributed by atoms with Gasteiger partial charge in [-0.3, -0.25) is 33.6 Å². The number of nitrogens with zero attached hydrogens (tertiary/aromatic N) is 3. The maximum absolute atomic E-state index is 15.4. The van der Waals surface area contributed by atoms with Crippen LogP contribution in [0.15, 0.2) is 72.4 Å². The third-order valence-corrected chi connectivity index (χ3v) is 14.3. The molecule has 18 nitrogen and oxygen atoms in total. The van der Waals surface area contributed by atoms with Gasteiger partial charge in [0, 0.05) is 49.8 Å². The Morgan fingerprint density at radius 2 is 1.19 bits per heavy atom. The molecule has 7 amide bonds. The predicted octanol–water partition coefficient (Wildman–Crippen LogP) is 4.66. The number of allylic oxidation sites excluding steroid dienone is 1. The molecule has 2 aliphatic rings. The number of carbonyl (C=O) groups excluding carboxylic acids is 7. The van der Waals surface area contributed by atoms with Crippen LogP contribution in [0.4, 0.5) is 0 Å². The fourth-order valence-corrected chi connectivity index (χ4v) is 9.85. The van der Waals surface area contributed by atoms with Crippen molar-refractivity contribution in [1.82, 2.24) is 41.0 Å². The van der Waals surface area contributed by atoms with Gasteiger partial charge in [-0.2, -0.15) is 0 Å². The van der Waals surface area contributed by atoms with E-state index in [-0.39, 0.29) is 30.8 Å². The average molecular weight is 1030 g/mol. The van der Waals surface area contributed by atoms with Crippen molar-refractivity contribution in [3.05, 3.63) is 83.6 Å². The molecular formula is C56H82N8O10. The molecule has 1 aromatic heterocycles. The number of para-hydroxylation sites is 1. The topological polar surface area (TPSA) is 233 Å². The number of aliphatic hydroxyl groups is 1. The van der Waals surface area contributed by atoms with E-state index in [4.69, 9.17) is 9.47 Å². The minimum atomic E-state index is -1.74. The zero-order valence-electron chi connectivity index (χ0n) is 46.0. The summed E-state index contributed by atoms with van der Waals surface area (Å²) in [6.07, 6.45) is 0.906. The van der Waals surface area contributed by atoms with Crippen LogP contribution in [0.2, 0.25) is 0 Å². The standard InChI is InChI=1S/C56H82N8O10/c1-30(2)25-34(9)44-52(69)60-45(47(65)38-28-64(56(11,12)42-29-74-42)39-24-20-19-23-37(38)39)55(72)63(14)40(26-31(3)4)50(67)57-35(10)49(66)61-46(48(73-15)36-21-17-16-18-22-36)53(70)58-43(33(7)8)54(71)62(13)41(27-32(5)6)51(68)59-44/h16-25,28,31-35,40-48,65H,26-27,29H2,1-15H3,(H,57,67)(H,58,70)(H,59,68)(H,60,69)(H,61,66)/t34-,35+,40+,41+,42+,43+,44+,45+,46+,47-,48-/m1/s1. The van der Waals surface area contributed by atoms with Gasteiger partial charge in [0.15, 0.2) is 0 Å². The van der Waals surface area contributed by atoms with Crippen LogP contribution in [0.5, 0.6) is 0 Å². The number of nitrogens with one attached hydrogen (secondary N) is 5. The fraction of sp³-hybridized carbons (Fsp3) is 0.589. The van der Waals surface area contributed by atoms with Crippen LogP contribution in [-0.4, -0.2) is 137 Å². The normalized spacial score (nSPS) is 25.7. The van der Waals surface area contributed by atoms with Gasteiger partial charge in [-0.15, -0.1) is 0 Å². The van der Waals surface area contributed by atoms with E-state index in [0.29, 0.717) is 23.1 Å². The third-order valence-electron chi connectivity index (χ3n) is 14.3. The molecule has 6 N–H and O–H groups in total. The molecule has 74 heavy (non-hydrogen) atoms. The van der Waals surface area contributed by atoms with Gasteiger partial charge < -0.3 is 55.5 Å². The smallest absolute Gasteiger partial charge is 0.248 e. The van der Waals surface area contributed by atoms with Crippen LogP contribution >= 0.6 is 0 Å². The summed E-state index contributed by atoms with van der Waals surface area (Å²) in [4.78, 5) is 106. The molecule has 2 saturated heterocycles. The third kappa shape index (κ3) is 13.8. The van der Waals surface area contributed by atoms with Crippen molar-refractivity contribution in [3.8, 4) is 0 Å². The molecule has 0 unspecified atom stereocenters. The number of fused-ring (bicyclic) bond motifs is 1. The summed E-state index contributed by atoms with van der Waals surface area (Å²) in [6.45, 7) is 22.4. The molecule has 406 valence electrons.